The topological polar surface area (TPSA) is 48.4 Å². The van der Waals surface area contributed by atoms with E-state index in [1.807, 2.05) is 0 Å². The molecule has 0 fully saturated rings. The molecule has 0 saturated carbocycles. The van der Waals surface area contributed by atoms with E-state index < -0.39 is 12.1 Å². The summed E-state index contributed by atoms with van der Waals surface area (Å²) in [7, 11) is 2.74. The molecule has 1 atom stereocenters. The first-order valence-electron chi connectivity index (χ1n) is 3.91. The van der Waals surface area contributed by atoms with Crippen molar-refractivity contribution in [2.45, 2.75) is 6.10 Å². The van der Waals surface area contributed by atoms with Crippen LogP contribution in [0.15, 0.2) is 22.8 Å². The van der Waals surface area contributed by atoms with Crippen LogP contribution in [0.3, 0.4) is 0 Å². The summed E-state index contributed by atoms with van der Waals surface area (Å²) in [6, 6.07) is 3.55. The zero-order valence-corrected chi connectivity index (χ0v) is 9.45. The van der Waals surface area contributed by atoms with E-state index in [1.54, 1.807) is 18.3 Å². The van der Waals surface area contributed by atoms with Crippen LogP contribution in [0.25, 0.3) is 0 Å². The van der Waals surface area contributed by atoms with Crippen molar-refractivity contribution in [1.82, 2.24) is 4.98 Å². The number of hydrogen-bond acceptors (Lipinski definition) is 4. The molecule has 0 bridgehead atoms. The second-order valence-corrected chi connectivity index (χ2v) is 3.36. The molecule has 0 aromatic carbocycles. The fourth-order valence-corrected chi connectivity index (χ4v) is 1.48. The highest BCUT2D eigenvalue weighted by Crippen LogP contribution is 2.23. The summed E-state index contributed by atoms with van der Waals surface area (Å²) in [5.41, 5.74) is 0.516. The number of hydrogen-bond donors (Lipinski definition) is 0. The molecule has 1 aromatic rings. The highest BCUT2D eigenvalue weighted by Gasteiger charge is 2.24. The smallest absolute Gasteiger partial charge is 0.341 e. The average Bonchev–Trinajstić information content (AvgIpc) is 2.21. The summed E-state index contributed by atoms with van der Waals surface area (Å²) in [5, 5.41) is 0. The molecule has 4 nitrogen and oxygen atoms in total. The van der Waals surface area contributed by atoms with Crippen molar-refractivity contribution in [2.75, 3.05) is 14.2 Å². The minimum atomic E-state index is -0.782. The number of rotatable bonds is 3. The minimum Gasteiger partial charge on any atom is -0.467 e. The molecule has 0 radical (unpaired) electrons. The van der Waals surface area contributed by atoms with Crippen LogP contribution in [0.5, 0.6) is 0 Å². The summed E-state index contributed by atoms with van der Waals surface area (Å²) in [6.07, 6.45) is 0.810. The van der Waals surface area contributed by atoms with Crippen molar-refractivity contribution in [3.63, 3.8) is 0 Å². The van der Waals surface area contributed by atoms with Gasteiger partial charge >= 0.3 is 5.97 Å². The number of carbonyl (C=O) groups is 1. The van der Waals surface area contributed by atoms with Gasteiger partial charge in [-0.15, -0.1) is 0 Å². The maximum absolute atomic E-state index is 11.3. The van der Waals surface area contributed by atoms with Crippen molar-refractivity contribution < 1.29 is 14.3 Å². The molecule has 0 aliphatic rings. The molecule has 0 aliphatic carbocycles. The van der Waals surface area contributed by atoms with Crippen LogP contribution in [-0.2, 0) is 14.3 Å². The summed E-state index contributed by atoms with van der Waals surface area (Å²) in [5.74, 6) is -0.466. The lowest BCUT2D eigenvalue weighted by Crippen LogP contribution is -2.17. The first kappa shape index (κ1) is 11.1. The summed E-state index contributed by atoms with van der Waals surface area (Å²) >= 11 is 3.28. The SMILES string of the molecule is COC(=O)C(OC)c1ncccc1Br. The zero-order valence-electron chi connectivity index (χ0n) is 7.86. The predicted octanol–water partition coefficient (Wildman–Crippen LogP) is 1.70. The lowest BCUT2D eigenvalue weighted by molar-refractivity contribution is -0.152. The Morgan fingerprint density at radius 1 is 1.57 bits per heavy atom. The molecule has 0 aliphatic heterocycles. The predicted molar refractivity (Wildman–Crippen MR) is 53.7 cm³/mol. The molecule has 0 N–H and O–H groups in total. The molecule has 0 amide bonds. The molecule has 76 valence electrons. The van der Waals surface area contributed by atoms with Gasteiger partial charge in [0.05, 0.1) is 12.8 Å². The minimum absolute atomic E-state index is 0.466. The van der Waals surface area contributed by atoms with Crippen LogP contribution in [0, 0.1) is 0 Å². The van der Waals surface area contributed by atoms with E-state index >= 15 is 0 Å². The van der Waals surface area contributed by atoms with E-state index in [1.165, 1.54) is 14.2 Å². The highest BCUT2D eigenvalue weighted by atomic mass is 79.9. The summed E-state index contributed by atoms with van der Waals surface area (Å²) < 4.78 is 10.3. The number of methoxy groups -OCH3 is 2. The summed E-state index contributed by atoms with van der Waals surface area (Å²) in [6.45, 7) is 0. The number of ether oxygens (including phenoxy) is 2. The fourth-order valence-electron chi connectivity index (χ4n) is 1.02. The third-order valence-electron chi connectivity index (χ3n) is 1.69. The Labute approximate surface area is 90.4 Å². The van der Waals surface area contributed by atoms with Gasteiger partial charge < -0.3 is 9.47 Å². The Morgan fingerprint density at radius 3 is 2.79 bits per heavy atom. The van der Waals surface area contributed by atoms with E-state index in [0.717, 1.165) is 4.47 Å². The molecule has 14 heavy (non-hydrogen) atoms. The Hall–Kier alpha value is -0.940. The standard InChI is InChI=1S/C9H10BrNO3/c1-13-8(9(12)14-2)7-6(10)4-3-5-11-7/h3-5,8H,1-2H3. The van der Waals surface area contributed by atoms with E-state index in [0.29, 0.717) is 5.69 Å². The van der Waals surface area contributed by atoms with E-state index in [9.17, 15) is 4.79 Å². The van der Waals surface area contributed by atoms with Gasteiger partial charge in [-0.25, -0.2) is 4.79 Å². The molecular formula is C9H10BrNO3. The van der Waals surface area contributed by atoms with Gasteiger partial charge in [0.15, 0.2) is 6.10 Å². The van der Waals surface area contributed by atoms with Crippen molar-refractivity contribution in [2.24, 2.45) is 0 Å². The summed E-state index contributed by atoms with van der Waals surface area (Å²) in [4.78, 5) is 15.3. The molecule has 0 spiro atoms. The molecule has 0 saturated heterocycles. The largest absolute Gasteiger partial charge is 0.467 e. The number of carbonyl (C=O) groups excluding carboxylic acids is 1. The number of nitrogens with zero attached hydrogens (tertiary/aromatic N) is 1. The molecular weight excluding hydrogens is 250 g/mol. The van der Waals surface area contributed by atoms with Crippen LogP contribution in [0.2, 0.25) is 0 Å². The van der Waals surface area contributed by atoms with Gasteiger partial charge in [-0.3, -0.25) is 4.98 Å². The zero-order chi connectivity index (χ0) is 10.6. The first-order valence-corrected chi connectivity index (χ1v) is 4.71. The van der Waals surface area contributed by atoms with Crippen LogP contribution in [-0.4, -0.2) is 25.2 Å². The highest BCUT2D eigenvalue weighted by molar-refractivity contribution is 9.10. The lowest BCUT2D eigenvalue weighted by Gasteiger charge is -2.13. The van der Waals surface area contributed by atoms with Gasteiger partial charge in [-0.05, 0) is 28.1 Å². The Balaban J connectivity index is 3.01. The normalized spacial score (nSPS) is 12.2. The van der Waals surface area contributed by atoms with E-state index in [-0.39, 0.29) is 0 Å². The molecule has 5 heteroatoms. The van der Waals surface area contributed by atoms with Gasteiger partial charge in [-0.1, -0.05) is 0 Å². The Kier molecular flexibility index (Phi) is 4.03. The molecule has 1 unspecified atom stereocenters. The number of pyridine rings is 1. The first-order chi connectivity index (χ1) is 6.70. The van der Waals surface area contributed by atoms with Gasteiger partial charge in [0.2, 0.25) is 0 Å². The maximum atomic E-state index is 11.3. The van der Waals surface area contributed by atoms with Crippen molar-refractivity contribution in [3.05, 3.63) is 28.5 Å². The van der Waals surface area contributed by atoms with Crippen molar-refractivity contribution in [1.29, 1.82) is 0 Å². The number of esters is 1. The fraction of sp³-hybridized carbons (Fsp3) is 0.333. The monoisotopic (exact) mass is 259 g/mol. The van der Waals surface area contributed by atoms with Crippen LogP contribution < -0.4 is 0 Å². The van der Waals surface area contributed by atoms with Gasteiger partial charge in [0, 0.05) is 17.8 Å². The van der Waals surface area contributed by atoms with Crippen LogP contribution >= 0.6 is 15.9 Å². The second-order valence-electron chi connectivity index (χ2n) is 2.51. The second kappa shape index (κ2) is 5.07. The van der Waals surface area contributed by atoms with Gasteiger partial charge in [-0.2, -0.15) is 0 Å². The quantitative estimate of drug-likeness (QED) is 0.776. The van der Waals surface area contributed by atoms with Gasteiger partial charge in [0.25, 0.3) is 0 Å². The van der Waals surface area contributed by atoms with Crippen LogP contribution in [0.1, 0.15) is 11.8 Å². The van der Waals surface area contributed by atoms with E-state index in [2.05, 4.69) is 25.7 Å². The third-order valence-corrected chi connectivity index (χ3v) is 2.36. The maximum Gasteiger partial charge on any atom is 0.341 e. The molecule has 1 heterocycles. The third kappa shape index (κ3) is 2.30. The number of halogens is 1. The van der Waals surface area contributed by atoms with Gasteiger partial charge in [0.1, 0.15) is 0 Å². The Bertz CT molecular complexity index is 330. The van der Waals surface area contributed by atoms with Crippen molar-refractivity contribution >= 4 is 21.9 Å². The lowest BCUT2D eigenvalue weighted by atomic mass is 10.2. The van der Waals surface area contributed by atoms with Crippen LogP contribution in [0.4, 0.5) is 0 Å². The van der Waals surface area contributed by atoms with E-state index in [4.69, 9.17) is 4.74 Å². The molecule has 1 aromatic heterocycles. The molecule has 1 rings (SSSR count). The number of aromatic nitrogens is 1. The van der Waals surface area contributed by atoms with Crippen molar-refractivity contribution in [3.8, 4) is 0 Å². The Morgan fingerprint density at radius 2 is 2.29 bits per heavy atom. The average molecular weight is 260 g/mol.